The van der Waals surface area contributed by atoms with Crippen molar-refractivity contribution in [3.05, 3.63) is 29.8 Å². The zero-order valence-electron chi connectivity index (χ0n) is 7.87. The van der Waals surface area contributed by atoms with Gasteiger partial charge in [0.15, 0.2) is 0 Å². The Bertz CT molecular complexity index is 330. The van der Waals surface area contributed by atoms with Crippen molar-refractivity contribution in [1.82, 2.24) is 0 Å². The largest absolute Gasteiger partial charge is 0.369 e. The van der Waals surface area contributed by atoms with E-state index in [1.165, 1.54) is 4.90 Å². The first-order valence-electron chi connectivity index (χ1n) is 4.20. The number of amides is 1. The zero-order valence-corrected chi connectivity index (χ0v) is 10.3. The van der Waals surface area contributed by atoms with Crippen LogP contribution in [0.2, 0.25) is 0 Å². The molecule has 1 aromatic rings. The van der Waals surface area contributed by atoms with Gasteiger partial charge in [0, 0.05) is 4.90 Å². The molecule has 14 heavy (non-hydrogen) atoms. The van der Waals surface area contributed by atoms with Crippen LogP contribution in [0.1, 0.15) is 5.56 Å². The molecule has 0 fully saturated rings. The Morgan fingerprint density at radius 1 is 1.57 bits per heavy atom. The summed E-state index contributed by atoms with van der Waals surface area (Å²) in [7, 11) is 0. The molecule has 0 radical (unpaired) electrons. The number of nitrogens with two attached hydrogens (primary N) is 1. The van der Waals surface area contributed by atoms with Crippen molar-refractivity contribution in [2.45, 2.75) is 16.1 Å². The van der Waals surface area contributed by atoms with Crippen LogP contribution < -0.4 is 5.73 Å². The molecular weight excluding hydrogens is 262 g/mol. The minimum absolute atomic E-state index is 0.282. The first kappa shape index (κ1) is 11.6. The summed E-state index contributed by atoms with van der Waals surface area (Å²) < 4.78 is 0. The number of halogens is 1. The van der Waals surface area contributed by atoms with Crippen molar-refractivity contribution < 1.29 is 4.79 Å². The van der Waals surface area contributed by atoms with Gasteiger partial charge in [0.2, 0.25) is 5.91 Å². The molecule has 0 heterocycles. The fraction of sp³-hybridized carbons (Fsp3) is 0.300. The Balaban J connectivity index is 2.80. The number of benzene rings is 1. The van der Waals surface area contributed by atoms with Crippen LogP contribution in [-0.2, 0) is 11.2 Å². The molecule has 0 aliphatic rings. The molecule has 76 valence electrons. The Hall–Kier alpha value is -0.480. The second-order valence-corrected chi connectivity index (χ2v) is 4.84. The normalized spacial score (nSPS) is 12.4. The minimum Gasteiger partial charge on any atom is -0.369 e. The number of hydrogen-bond donors (Lipinski definition) is 1. The monoisotopic (exact) mass is 273 g/mol. The lowest BCUT2D eigenvalue weighted by Crippen LogP contribution is -2.25. The summed E-state index contributed by atoms with van der Waals surface area (Å²) in [6.45, 7) is 0. The van der Waals surface area contributed by atoms with Gasteiger partial charge in [0.1, 0.15) is 0 Å². The van der Waals surface area contributed by atoms with E-state index in [0.717, 1.165) is 5.56 Å². The number of rotatable bonds is 4. The molecule has 0 saturated heterocycles. The van der Waals surface area contributed by atoms with Crippen molar-refractivity contribution in [1.29, 1.82) is 0 Å². The van der Waals surface area contributed by atoms with Crippen molar-refractivity contribution in [3.8, 4) is 0 Å². The van der Waals surface area contributed by atoms with Crippen molar-refractivity contribution in [2.24, 2.45) is 5.73 Å². The van der Waals surface area contributed by atoms with Gasteiger partial charge in [-0.25, -0.2) is 0 Å². The summed E-state index contributed by atoms with van der Waals surface area (Å²) in [5.41, 5.74) is 6.34. The Labute approximate surface area is 96.4 Å². The summed E-state index contributed by atoms with van der Waals surface area (Å²) in [4.78, 5) is 11.8. The van der Waals surface area contributed by atoms with E-state index in [-0.39, 0.29) is 10.7 Å². The van der Waals surface area contributed by atoms with Crippen LogP contribution in [0.4, 0.5) is 0 Å². The first-order valence-corrected chi connectivity index (χ1v) is 6.34. The lowest BCUT2D eigenvalue weighted by Gasteiger charge is -2.09. The number of primary amides is 1. The number of hydrogen-bond acceptors (Lipinski definition) is 2. The molecule has 4 heteroatoms. The lowest BCUT2D eigenvalue weighted by atomic mass is 10.1. The van der Waals surface area contributed by atoms with Gasteiger partial charge in [-0.2, -0.15) is 0 Å². The van der Waals surface area contributed by atoms with Gasteiger partial charge in [-0.3, -0.25) is 4.79 Å². The molecule has 0 aromatic heterocycles. The molecule has 1 unspecified atom stereocenters. The SMILES string of the molecule is CSc1ccccc1CC(Br)C(N)=O. The molecule has 0 bridgehead atoms. The third kappa shape index (κ3) is 3.03. The summed E-state index contributed by atoms with van der Waals surface area (Å²) in [5.74, 6) is -0.319. The summed E-state index contributed by atoms with van der Waals surface area (Å²) in [6.07, 6.45) is 2.67. The Morgan fingerprint density at radius 3 is 2.79 bits per heavy atom. The van der Waals surface area contributed by atoms with Gasteiger partial charge < -0.3 is 5.73 Å². The van der Waals surface area contributed by atoms with Crippen LogP contribution in [0.5, 0.6) is 0 Å². The summed E-state index contributed by atoms with van der Waals surface area (Å²) >= 11 is 4.93. The fourth-order valence-corrected chi connectivity index (χ4v) is 2.14. The van der Waals surface area contributed by atoms with E-state index in [1.807, 2.05) is 30.5 Å². The molecule has 1 atom stereocenters. The molecule has 0 spiro atoms. The molecule has 0 aliphatic carbocycles. The average molecular weight is 274 g/mol. The van der Waals surface area contributed by atoms with E-state index in [4.69, 9.17) is 5.73 Å². The molecule has 2 nitrogen and oxygen atoms in total. The van der Waals surface area contributed by atoms with Crippen molar-refractivity contribution in [3.63, 3.8) is 0 Å². The van der Waals surface area contributed by atoms with Gasteiger partial charge in [-0.1, -0.05) is 34.1 Å². The number of thioether (sulfide) groups is 1. The van der Waals surface area contributed by atoms with Crippen LogP contribution in [0.25, 0.3) is 0 Å². The molecule has 2 N–H and O–H groups in total. The van der Waals surface area contributed by atoms with Gasteiger partial charge in [0.25, 0.3) is 0 Å². The second kappa shape index (κ2) is 5.41. The highest BCUT2D eigenvalue weighted by Gasteiger charge is 2.13. The predicted molar refractivity (Wildman–Crippen MR) is 63.8 cm³/mol. The van der Waals surface area contributed by atoms with Crippen molar-refractivity contribution >= 4 is 33.6 Å². The molecule has 1 aromatic carbocycles. The van der Waals surface area contributed by atoms with Crippen LogP contribution in [0.3, 0.4) is 0 Å². The third-order valence-corrected chi connectivity index (χ3v) is 3.51. The van der Waals surface area contributed by atoms with Gasteiger partial charge >= 0.3 is 0 Å². The Kier molecular flexibility index (Phi) is 4.48. The number of alkyl halides is 1. The van der Waals surface area contributed by atoms with E-state index in [1.54, 1.807) is 11.8 Å². The topological polar surface area (TPSA) is 43.1 Å². The standard InChI is InChI=1S/C10H12BrNOS/c1-14-9-5-3-2-4-7(9)6-8(11)10(12)13/h2-5,8H,6H2,1H3,(H2,12,13). The quantitative estimate of drug-likeness (QED) is 0.675. The van der Waals surface area contributed by atoms with Crippen molar-refractivity contribution in [2.75, 3.05) is 6.26 Å². The predicted octanol–water partition coefficient (Wildman–Crippen LogP) is 2.20. The van der Waals surface area contributed by atoms with E-state index < -0.39 is 0 Å². The Morgan fingerprint density at radius 2 is 2.21 bits per heavy atom. The van der Waals surface area contributed by atoms with Crippen LogP contribution in [-0.4, -0.2) is 17.0 Å². The average Bonchev–Trinajstić information content (AvgIpc) is 2.18. The highest BCUT2D eigenvalue weighted by molar-refractivity contribution is 9.10. The van der Waals surface area contributed by atoms with Crippen LogP contribution in [0.15, 0.2) is 29.2 Å². The highest BCUT2D eigenvalue weighted by atomic mass is 79.9. The number of carbonyl (C=O) groups is 1. The summed E-state index contributed by atoms with van der Waals surface area (Å²) in [5, 5.41) is 0. The van der Waals surface area contributed by atoms with E-state index in [9.17, 15) is 4.79 Å². The molecule has 0 saturated carbocycles. The summed E-state index contributed by atoms with van der Waals surface area (Å²) in [6, 6.07) is 8.02. The number of carbonyl (C=O) groups excluding carboxylic acids is 1. The minimum atomic E-state index is -0.319. The fourth-order valence-electron chi connectivity index (χ4n) is 1.17. The lowest BCUT2D eigenvalue weighted by molar-refractivity contribution is -0.117. The maximum atomic E-state index is 10.9. The zero-order chi connectivity index (χ0) is 10.6. The second-order valence-electron chi connectivity index (χ2n) is 2.89. The molecule has 1 rings (SSSR count). The maximum Gasteiger partial charge on any atom is 0.231 e. The highest BCUT2D eigenvalue weighted by Crippen LogP contribution is 2.22. The van der Waals surface area contributed by atoms with E-state index in [0.29, 0.717) is 6.42 Å². The smallest absolute Gasteiger partial charge is 0.231 e. The van der Waals surface area contributed by atoms with Crippen LogP contribution >= 0.6 is 27.7 Å². The molecule has 0 aliphatic heterocycles. The van der Waals surface area contributed by atoms with Gasteiger partial charge in [-0.15, -0.1) is 11.8 Å². The van der Waals surface area contributed by atoms with E-state index >= 15 is 0 Å². The molecule has 1 amide bonds. The maximum absolute atomic E-state index is 10.9. The van der Waals surface area contributed by atoms with Crippen LogP contribution in [0, 0.1) is 0 Å². The first-order chi connectivity index (χ1) is 6.65. The van der Waals surface area contributed by atoms with E-state index in [2.05, 4.69) is 15.9 Å². The molecular formula is C10H12BrNOS. The third-order valence-electron chi connectivity index (χ3n) is 1.90. The van der Waals surface area contributed by atoms with Gasteiger partial charge in [-0.05, 0) is 24.3 Å². The van der Waals surface area contributed by atoms with Gasteiger partial charge in [0.05, 0.1) is 4.83 Å².